The lowest BCUT2D eigenvalue weighted by molar-refractivity contribution is 0.256. The number of pyridine rings is 1. The highest BCUT2D eigenvalue weighted by atomic mass is 79.9. The van der Waals surface area contributed by atoms with Crippen LogP contribution < -0.4 is 9.64 Å². The lowest BCUT2D eigenvalue weighted by Crippen LogP contribution is -2.41. The number of anilines is 1. The summed E-state index contributed by atoms with van der Waals surface area (Å²) >= 11 is 3.23. The Bertz CT molecular complexity index is 973. The van der Waals surface area contributed by atoms with E-state index in [1.165, 1.54) is 12.1 Å². The number of halogens is 3. The summed E-state index contributed by atoms with van der Waals surface area (Å²) in [6.07, 6.45) is 1.68. The number of imidazole rings is 1. The Morgan fingerprint density at radius 3 is 2.92 bits per heavy atom. The first-order chi connectivity index (χ1) is 12.0. The Hall–Kier alpha value is -2.15. The third kappa shape index (κ3) is 2.66. The maximum atomic E-state index is 14.1. The van der Waals surface area contributed by atoms with Crippen LogP contribution in [0.5, 0.6) is 5.75 Å². The van der Waals surface area contributed by atoms with Crippen LogP contribution in [0.2, 0.25) is 0 Å². The number of rotatable bonds is 2. The summed E-state index contributed by atoms with van der Waals surface area (Å²) in [5, 5.41) is 0. The summed E-state index contributed by atoms with van der Waals surface area (Å²) in [6, 6.07) is 6.39. The van der Waals surface area contributed by atoms with E-state index in [2.05, 4.69) is 25.8 Å². The molecule has 1 aromatic carbocycles. The molecule has 25 heavy (non-hydrogen) atoms. The van der Waals surface area contributed by atoms with Crippen molar-refractivity contribution in [1.29, 1.82) is 0 Å². The molecule has 1 unspecified atom stereocenters. The van der Waals surface area contributed by atoms with Crippen molar-refractivity contribution in [2.45, 2.75) is 26.4 Å². The number of benzene rings is 1. The molecule has 3 aromatic rings. The average Bonchev–Trinajstić information content (AvgIpc) is 2.86. The Morgan fingerprint density at radius 2 is 2.12 bits per heavy atom. The smallest absolute Gasteiger partial charge is 0.178 e. The molecule has 0 N–H and O–H groups in total. The Morgan fingerprint density at radius 1 is 1.32 bits per heavy atom. The number of ether oxygens (including phenoxy) is 1. The van der Waals surface area contributed by atoms with Gasteiger partial charge in [0, 0.05) is 12.3 Å². The molecule has 1 atom stereocenters. The molecular formula is C18H16BrF2N3O. The topological polar surface area (TPSA) is 29.8 Å². The summed E-state index contributed by atoms with van der Waals surface area (Å²) < 4.78 is 35.7. The summed E-state index contributed by atoms with van der Waals surface area (Å²) in [6.45, 7) is 4.85. The van der Waals surface area contributed by atoms with E-state index < -0.39 is 0 Å². The Labute approximate surface area is 152 Å². The number of aromatic nitrogens is 2. The van der Waals surface area contributed by atoms with E-state index in [9.17, 15) is 8.78 Å². The van der Waals surface area contributed by atoms with Crippen molar-refractivity contribution < 1.29 is 13.5 Å². The molecule has 3 heterocycles. The predicted octanol–water partition coefficient (Wildman–Crippen LogP) is 4.47. The number of hydrogen-bond acceptors (Lipinski definition) is 3. The number of aryl methyl sites for hydroxylation is 1. The van der Waals surface area contributed by atoms with Crippen LogP contribution in [-0.4, -0.2) is 22.0 Å². The molecule has 0 fully saturated rings. The molecule has 4 rings (SSSR count). The van der Waals surface area contributed by atoms with Gasteiger partial charge in [0.2, 0.25) is 0 Å². The van der Waals surface area contributed by atoms with Gasteiger partial charge in [0.05, 0.1) is 34.1 Å². The second kappa shape index (κ2) is 5.98. The fourth-order valence-electron chi connectivity index (χ4n) is 3.20. The van der Waals surface area contributed by atoms with Crippen molar-refractivity contribution in [1.82, 2.24) is 9.38 Å². The lowest BCUT2D eigenvalue weighted by Gasteiger charge is -2.36. The minimum Gasteiger partial charge on any atom is -0.486 e. The molecule has 0 saturated heterocycles. The van der Waals surface area contributed by atoms with Crippen LogP contribution in [0.25, 0.3) is 5.65 Å². The average molecular weight is 408 g/mol. The van der Waals surface area contributed by atoms with Crippen LogP contribution in [0, 0.1) is 18.6 Å². The Kier molecular flexibility index (Phi) is 3.91. The molecule has 1 aliphatic heterocycles. The molecule has 0 aliphatic carbocycles. The summed E-state index contributed by atoms with van der Waals surface area (Å²) in [5.74, 6) is -0.440. The van der Waals surface area contributed by atoms with Crippen LogP contribution in [0.1, 0.15) is 18.3 Å². The number of hydrogen-bond donors (Lipinski definition) is 0. The standard InChI is InChI=1S/C18H16BrF2N3O/c1-10-9-25-18-13(20)4-3-5-15(18)23(10)8-16-11(2)22-17-6-14(21)12(19)7-24(16)17/h3-7,10H,8-9H2,1-2H3. The van der Waals surface area contributed by atoms with E-state index in [1.807, 2.05) is 24.3 Å². The maximum Gasteiger partial charge on any atom is 0.178 e. The van der Waals surface area contributed by atoms with E-state index in [0.717, 1.165) is 11.4 Å². The van der Waals surface area contributed by atoms with Gasteiger partial charge in [-0.3, -0.25) is 0 Å². The molecule has 130 valence electrons. The van der Waals surface area contributed by atoms with Crippen LogP contribution in [0.4, 0.5) is 14.5 Å². The highest BCUT2D eigenvalue weighted by molar-refractivity contribution is 9.10. The SMILES string of the molecule is Cc1nc2cc(F)c(Br)cn2c1CN1c2cccc(F)c2OCC1C. The van der Waals surface area contributed by atoms with Crippen LogP contribution in [-0.2, 0) is 6.54 Å². The first-order valence-corrected chi connectivity index (χ1v) is 8.75. The van der Waals surface area contributed by atoms with Gasteiger partial charge < -0.3 is 14.0 Å². The monoisotopic (exact) mass is 407 g/mol. The molecule has 2 aromatic heterocycles. The summed E-state index contributed by atoms with van der Waals surface area (Å²) in [4.78, 5) is 6.54. The zero-order valence-corrected chi connectivity index (χ0v) is 15.3. The van der Waals surface area contributed by atoms with Crippen LogP contribution in [0.15, 0.2) is 34.9 Å². The molecule has 7 heteroatoms. The minimum atomic E-state index is -0.367. The molecule has 4 nitrogen and oxygen atoms in total. The fourth-order valence-corrected chi connectivity index (χ4v) is 3.52. The Balaban J connectivity index is 1.81. The summed E-state index contributed by atoms with van der Waals surface area (Å²) in [7, 11) is 0. The first-order valence-electron chi connectivity index (χ1n) is 7.96. The highest BCUT2D eigenvalue weighted by Gasteiger charge is 2.28. The van der Waals surface area contributed by atoms with Crippen molar-refractivity contribution in [3.8, 4) is 5.75 Å². The van der Waals surface area contributed by atoms with Crippen molar-refractivity contribution in [3.63, 3.8) is 0 Å². The first kappa shape index (κ1) is 16.3. The van der Waals surface area contributed by atoms with Gasteiger partial charge in [-0.2, -0.15) is 0 Å². The van der Waals surface area contributed by atoms with Crippen molar-refractivity contribution >= 4 is 27.3 Å². The third-order valence-electron chi connectivity index (χ3n) is 4.54. The largest absolute Gasteiger partial charge is 0.486 e. The van der Waals surface area contributed by atoms with Gasteiger partial charge in [-0.05, 0) is 41.9 Å². The third-order valence-corrected chi connectivity index (χ3v) is 5.12. The molecule has 1 aliphatic rings. The normalized spacial score (nSPS) is 16.8. The van der Waals surface area contributed by atoms with E-state index >= 15 is 0 Å². The lowest BCUT2D eigenvalue weighted by atomic mass is 10.1. The van der Waals surface area contributed by atoms with E-state index in [-0.39, 0.29) is 23.4 Å². The van der Waals surface area contributed by atoms with Gasteiger partial charge in [-0.1, -0.05) is 6.07 Å². The van der Waals surface area contributed by atoms with Gasteiger partial charge in [-0.15, -0.1) is 0 Å². The molecule has 0 saturated carbocycles. The second-order valence-corrected chi connectivity index (χ2v) is 7.07. The van der Waals surface area contributed by atoms with Gasteiger partial charge in [-0.25, -0.2) is 13.8 Å². The zero-order chi connectivity index (χ0) is 17.7. The minimum absolute atomic E-state index is 0.0724. The summed E-state index contributed by atoms with van der Waals surface area (Å²) in [5.41, 5.74) is 3.01. The van der Waals surface area contributed by atoms with Crippen molar-refractivity contribution in [2.75, 3.05) is 11.5 Å². The van der Waals surface area contributed by atoms with Gasteiger partial charge in [0.1, 0.15) is 18.1 Å². The molecule has 0 amide bonds. The van der Waals surface area contributed by atoms with E-state index in [1.54, 1.807) is 12.3 Å². The quantitative estimate of drug-likeness (QED) is 0.627. The fraction of sp³-hybridized carbons (Fsp3) is 0.278. The van der Waals surface area contributed by atoms with Crippen molar-refractivity contribution in [3.05, 3.63) is 58.0 Å². The van der Waals surface area contributed by atoms with Gasteiger partial charge in [0.25, 0.3) is 0 Å². The zero-order valence-electron chi connectivity index (χ0n) is 13.8. The molecular weight excluding hydrogens is 392 g/mol. The van der Waals surface area contributed by atoms with E-state index in [4.69, 9.17) is 4.74 Å². The van der Waals surface area contributed by atoms with Crippen molar-refractivity contribution in [2.24, 2.45) is 0 Å². The van der Waals surface area contributed by atoms with Crippen LogP contribution in [0.3, 0.4) is 0 Å². The van der Waals surface area contributed by atoms with E-state index in [0.29, 0.717) is 29.0 Å². The predicted molar refractivity (Wildman–Crippen MR) is 95.1 cm³/mol. The van der Waals surface area contributed by atoms with Gasteiger partial charge in [0.15, 0.2) is 11.6 Å². The number of nitrogens with zero attached hydrogens (tertiary/aromatic N) is 3. The van der Waals surface area contributed by atoms with Gasteiger partial charge >= 0.3 is 0 Å². The molecule has 0 spiro atoms. The number of fused-ring (bicyclic) bond motifs is 2. The number of para-hydroxylation sites is 1. The van der Waals surface area contributed by atoms with Crippen LogP contribution >= 0.6 is 15.9 Å². The highest BCUT2D eigenvalue weighted by Crippen LogP contribution is 2.37. The second-order valence-electron chi connectivity index (χ2n) is 6.22. The molecule has 0 bridgehead atoms. The maximum absolute atomic E-state index is 14.1. The molecule has 0 radical (unpaired) electrons.